The predicted molar refractivity (Wildman–Crippen MR) is 100 cm³/mol. The Labute approximate surface area is 158 Å². The van der Waals surface area contributed by atoms with Crippen LogP contribution in [-0.2, 0) is 11.3 Å². The molecule has 0 radical (unpaired) electrons. The number of ether oxygens (including phenoxy) is 3. The SMILES string of the molecule is COc1cc(C(=O)NC[C@H]2CCCO2)ccc1OCc1ccccc1Cl. The highest BCUT2D eigenvalue weighted by atomic mass is 35.5. The van der Waals surface area contributed by atoms with E-state index in [-0.39, 0.29) is 12.0 Å². The van der Waals surface area contributed by atoms with Gasteiger partial charge in [-0.2, -0.15) is 0 Å². The maximum absolute atomic E-state index is 12.3. The smallest absolute Gasteiger partial charge is 0.251 e. The van der Waals surface area contributed by atoms with Crippen LogP contribution in [0.25, 0.3) is 0 Å². The Balaban J connectivity index is 1.63. The van der Waals surface area contributed by atoms with Crippen LogP contribution in [0.3, 0.4) is 0 Å². The molecule has 1 aliphatic heterocycles. The fraction of sp³-hybridized carbons (Fsp3) is 0.350. The van der Waals surface area contributed by atoms with Crippen molar-refractivity contribution < 1.29 is 19.0 Å². The third-order valence-corrected chi connectivity index (χ3v) is 4.65. The van der Waals surface area contributed by atoms with Crippen molar-refractivity contribution in [2.45, 2.75) is 25.6 Å². The standard InChI is InChI=1S/C20H22ClNO4/c1-24-19-11-14(20(23)22-12-16-6-4-10-25-16)8-9-18(19)26-13-15-5-2-3-7-17(15)21/h2-3,5,7-9,11,16H,4,6,10,12-13H2,1H3,(H,22,23)/t16-/m1/s1. The monoisotopic (exact) mass is 375 g/mol. The number of carbonyl (C=O) groups excluding carboxylic acids is 1. The van der Waals surface area contributed by atoms with E-state index in [2.05, 4.69) is 5.32 Å². The van der Waals surface area contributed by atoms with Crippen LogP contribution in [0.4, 0.5) is 0 Å². The molecule has 6 heteroatoms. The van der Waals surface area contributed by atoms with E-state index in [9.17, 15) is 4.79 Å². The highest BCUT2D eigenvalue weighted by molar-refractivity contribution is 6.31. The van der Waals surface area contributed by atoms with Crippen molar-refractivity contribution in [3.63, 3.8) is 0 Å². The topological polar surface area (TPSA) is 56.8 Å². The van der Waals surface area contributed by atoms with Crippen LogP contribution in [0.2, 0.25) is 5.02 Å². The molecule has 3 rings (SSSR count). The van der Waals surface area contributed by atoms with Gasteiger partial charge in [-0.05, 0) is 37.1 Å². The van der Waals surface area contributed by atoms with E-state index in [0.717, 1.165) is 25.0 Å². The van der Waals surface area contributed by atoms with Crippen molar-refractivity contribution in [3.05, 3.63) is 58.6 Å². The molecule has 1 atom stereocenters. The first-order valence-electron chi connectivity index (χ1n) is 8.61. The average molecular weight is 376 g/mol. The van der Waals surface area contributed by atoms with E-state index in [0.29, 0.717) is 35.2 Å². The minimum Gasteiger partial charge on any atom is -0.493 e. The third kappa shape index (κ3) is 4.68. The van der Waals surface area contributed by atoms with Gasteiger partial charge in [-0.1, -0.05) is 29.8 Å². The highest BCUT2D eigenvalue weighted by Gasteiger charge is 2.17. The van der Waals surface area contributed by atoms with Crippen LogP contribution >= 0.6 is 11.6 Å². The number of hydrogen-bond donors (Lipinski definition) is 1. The quantitative estimate of drug-likeness (QED) is 0.798. The first-order valence-corrected chi connectivity index (χ1v) is 8.99. The molecule has 1 fully saturated rings. The number of methoxy groups -OCH3 is 1. The molecule has 1 saturated heterocycles. The van der Waals surface area contributed by atoms with Gasteiger partial charge in [-0.25, -0.2) is 0 Å². The molecule has 0 saturated carbocycles. The van der Waals surface area contributed by atoms with Gasteiger partial charge >= 0.3 is 0 Å². The van der Waals surface area contributed by atoms with Gasteiger partial charge in [-0.15, -0.1) is 0 Å². The molecule has 0 unspecified atom stereocenters. The van der Waals surface area contributed by atoms with Gasteiger partial charge in [0.1, 0.15) is 6.61 Å². The Bertz CT molecular complexity index is 759. The number of hydrogen-bond acceptors (Lipinski definition) is 4. The summed E-state index contributed by atoms with van der Waals surface area (Å²) in [6.07, 6.45) is 2.14. The summed E-state index contributed by atoms with van der Waals surface area (Å²) in [5, 5.41) is 3.55. The van der Waals surface area contributed by atoms with Crippen molar-refractivity contribution in [1.82, 2.24) is 5.32 Å². The van der Waals surface area contributed by atoms with Gasteiger partial charge in [0.25, 0.3) is 5.91 Å². The lowest BCUT2D eigenvalue weighted by atomic mass is 10.1. The first-order chi connectivity index (χ1) is 12.7. The van der Waals surface area contributed by atoms with Gasteiger partial charge in [0.05, 0.1) is 13.2 Å². The lowest BCUT2D eigenvalue weighted by Gasteiger charge is -2.14. The van der Waals surface area contributed by atoms with Crippen molar-refractivity contribution in [2.24, 2.45) is 0 Å². The van der Waals surface area contributed by atoms with E-state index < -0.39 is 0 Å². The van der Waals surface area contributed by atoms with E-state index in [1.165, 1.54) is 0 Å². The average Bonchev–Trinajstić information content (AvgIpc) is 3.19. The number of rotatable bonds is 7. The van der Waals surface area contributed by atoms with Crippen LogP contribution in [0, 0.1) is 0 Å². The molecule has 0 spiro atoms. The predicted octanol–water partition coefficient (Wildman–Crippen LogP) is 3.84. The zero-order chi connectivity index (χ0) is 18.4. The second-order valence-corrected chi connectivity index (χ2v) is 6.50. The zero-order valence-electron chi connectivity index (χ0n) is 14.7. The summed E-state index contributed by atoms with van der Waals surface area (Å²) in [6, 6.07) is 12.6. The van der Waals surface area contributed by atoms with Gasteiger partial charge in [0, 0.05) is 29.3 Å². The van der Waals surface area contributed by atoms with Gasteiger partial charge in [-0.3, -0.25) is 4.79 Å². The molecular weight excluding hydrogens is 354 g/mol. The second-order valence-electron chi connectivity index (χ2n) is 6.09. The van der Waals surface area contributed by atoms with E-state index in [1.807, 2.05) is 24.3 Å². The summed E-state index contributed by atoms with van der Waals surface area (Å²) >= 11 is 6.15. The highest BCUT2D eigenvalue weighted by Crippen LogP contribution is 2.29. The van der Waals surface area contributed by atoms with Crippen LogP contribution in [0.15, 0.2) is 42.5 Å². The fourth-order valence-electron chi connectivity index (χ4n) is 2.81. The van der Waals surface area contributed by atoms with E-state index in [1.54, 1.807) is 25.3 Å². The summed E-state index contributed by atoms with van der Waals surface area (Å²) in [7, 11) is 1.55. The molecular formula is C20H22ClNO4. The Kier molecular flexibility index (Phi) is 6.36. The van der Waals surface area contributed by atoms with Crippen LogP contribution < -0.4 is 14.8 Å². The Morgan fingerprint density at radius 3 is 2.85 bits per heavy atom. The minimum absolute atomic E-state index is 0.110. The van der Waals surface area contributed by atoms with Gasteiger partial charge in [0.15, 0.2) is 11.5 Å². The van der Waals surface area contributed by atoms with Crippen LogP contribution in [0.1, 0.15) is 28.8 Å². The Morgan fingerprint density at radius 1 is 1.27 bits per heavy atom. The fourth-order valence-corrected chi connectivity index (χ4v) is 3.00. The second kappa shape index (κ2) is 8.92. The largest absolute Gasteiger partial charge is 0.493 e. The number of carbonyl (C=O) groups is 1. The minimum atomic E-state index is -0.156. The summed E-state index contributed by atoms with van der Waals surface area (Å²) < 4.78 is 16.7. The first kappa shape index (κ1) is 18.5. The summed E-state index contributed by atoms with van der Waals surface area (Å²) in [5.41, 5.74) is 1.40. The molecule has 2 aromatic carbocycles. The molecule has 1 heterocycles. The van der Waals surface area contributed by atoms with Crippen LogP contribution in [-0.4, -0.2) is 32.3 Å². The maximum Gasteiger partial charge on any atom is 0.251 e. The van der Waals surface area contributed by atoms with Crippen LogP contribution in [0.5, 0.6) is 11.5 Å². The third-order valence-electron chi connectivity index (χ3n) is 4.28. The normalized spacial score (nSPS) is 16.3. The van der Waals surface area contributed by atoms with Crippen molar-refractivity contribution in [2.75, 3.05) is 20.3 Å². The summed E-state index contributed by atoms with van der Waals surface area (Å²) in [5.74, 6) is 0.904. The number of benzene rings is 2. The molecule has 0 aromatic heterocycles. The zero-order valence-corrected chi connectivity index (χ0v) is 15.4. The number of nitrogens with one attached hydrogen (secondary N) is 1. The molecule has 26 heavy (non-hydrogen) atoms. The van der Waals surface area contributed by atoms with Crippen molar-refractivity contribution in [3.8, 4) is 11.5 Å². The Morgan fingerprint density at radius 2 is 2.12 bits per heavy atom. The summed E-state index contributed by atoms with van der Waals surface area (Å²) in [4.78, 5) is 12.3. The summed E-state index contributed by atoms with van der Waals surface area (Å²) in [6.45, 7) is 1.61. The molecule has 0 bridgehead atoms. The molecule has 1 N–H and O–H groups in total. The molecule has 2 aromatic rings. The number of halogens is 1. The van der Waals surface area contributed by atoms with Gasteiger partial charge in [0.2, 0.25) is 0 Å². The molecule has 5 nitrogen and oxygen atoms in total. The van der Waals surface area contributed by atoms with Crippen molar-refractivity contribution >= 4 is 17.5 Å². The van der Waals surface area contributed by atoms with Crippen molar-refractivity contribution in [1.29, 1.82) is 0 Å². The van der Waals surface area contributed by atoms with E-state index >= 15 is 0 Å². The number of amides is 1. The Hall–Kier alpha value is -2.24. The molecule has 1 aliphatic rings. The van der Waals surface area contributed by atoms with E-state index in [4.69, 9.17) is 25.8 Å². The molecule has 1 amide bonds. The molecule has 138 valence electrons. The lowest BCUT2D eigenvalue weighted by Crippen LogP contribution is -2.31. The molecule has 0 aliphatic carbocycles. The van der Waals surface area contributed by atoms with Gasteiger partial charge < -0.3 is 19.5 Å². The lowest BCUT2D eigenvalue weighted by molar-refractivity contribution is 0.0857. The maximum atomic E-state index is 12.3.